The molecule has 0 aromatic rings. The van der Waals surface area contributed by atoms with Crippen molar-refractivity contribution in [3.63, 3.8) is 0 Å². The molecular formula is C10H22N2O2. The molecule has 0 amide bonds. The lowest BCUT2D eigenvalue weighted by atomic mass is 10.1. The second-order valence-corrected chi connectivity index (χ2v) is 3.72. The van der Waals surface area contributed by atoms with Gasteiger partial charge in [0, 0.05) is 33.5 Å². The normalized spacial score (nSPS) is 27.9. The van der Waals surface area contributed by atoms with Crippen LogP contribution in [-0.4, -0.2) is 46.2 Å². The summed E-state index contributed by atoms with van der Waals surface area (Å²) in [7, 11) is 3.49. The van der Waals surface area contributed by atoms with Crippen LogP contribution in [0.1, 0.15) is 19.3 Å². The third-order valence-corrected chi connectivity index (χ3v) is 2.60. The summed E-state index contributed by atoms with van der Waals surface area (Å²) in [6.07, 6.45) is 3.72. The fourth-order valence-corrected chi connectivity index (χ4v) is 1.77. The van der Waals surface area contributed by atoms with E-state index >= 15 is 0 Å². The fourth-order valence-electron chi connectivity index (χ4n) is 1.77. The topological polar surface area (TPSA) is 42.5 Å². The van der Waals surface area contributed by atoms with E-state index in [4.69, 9.17) is 9.47 Å². The maximum Gasteiger partial charge on any atom is 0.0596 e. The Kier molecular flexibility index (Phi) is 6.10. The summed E-state index contributed by atoms with van der Waals surface area (Å²) in [6.45, 7) is 2.74. The molecule has 2 N–H and O–H groups in total. The van der Waals surface area contributed by atoms with E-state index in [0.717, 1.165) is 32.6 Å². The first-order chi connectivity index (χ1) is 6.86. The molecule has 4 nitrogen and oxygen atoms in total. The van der Waals surface area contributed by atoms with E-state index in [1.807, 2.05) is 0 Å². The molecule has 1 heterocycles. The standard InChI is InChI=1S/C10H22N2O2/c1-13-7-4-9-3-6-11-10(12-9)5-8-14-2/h9-12H,3-8H2,1-2H3. The van der Waals surface area contributed by atoms with Crippen LogP contribution >= 0.6 is 0 Å². The van der Waals surface area contributed by atoms with Gasteiger partial charge in [-0.3, -0.25) is 5.32 Å². The van der Waals surface area contributed by atoms with Crippen molar-refractivity contribution in [1.82, 2.24) is 10.6 Å². The molecule has 0 aliphatic carbocycles. The predicted octanol–water partition coefficient (Wildman–Crippen LogP) is 0.337. The molecule has 0 bridgehead atoms. The van der Waals surface area contributed by atoms with Gasteiger partial charge in [-0.2, -0.15) is 0 Å². The van der Waals surface area contributed by atoms with Gasteiger partial charge in [0.2, 0.25) is 0 Å². The lowest BCUT2D eigenvalue weighted by Gasteiger charge is -2.32. The lowest BCUT2D eigenvalue weighted by Crippen LogP contribution is -2.54. The van der Waals surface area contributed by atoms with Gasteiger partial charge in [-0.15, -0.1) is 0 Å². The molecule has 2 unspecified atom stereocenters. The van der Waals surface area contributed by atoms with Crippen LogP contribution in [0.2, 0.25) is 0 Å². The summed E-state index contributed by atoms with van der Waals surface area (Å²) in [5, 5.41) is 6.98. The van der Waals surface area contributed by atoms with Crippen molar-refractivity contribution >= 4 is 0 Å². The monoisotopic (exact) mass is 202 g/mol. The van der Waals surface area contributed by atoms with Gasteiger partial charge in [-0.05, 0) is 25.8 Å². The second kappa shape index (κ2) is 7.17. The predicted molar refractivity (Wildman–Crippen MR) is 56.3 cm³/mol. The third-order valence-electron chi connectivity index (χ3n) is 2.60. The first kappa shape index (κ1) is 11.9. The molecule has 2 atom stereocenters. The van der Waals surface area contributed by atoms with Gasteiger partial charge in [0.1, 0.15) is 0 Å². The van der Waals surface area contributed by atoms with Gasteiger partial charge >= 0.3 is 0 Å². The average molecular weight is 202 g/mol. The second-order valence-electron chi connectivity index (χ2n) is 3.72. The van der Waals surface area contributed by atoms with E-state index in [2.05, 4.69) is 10.6 Å². The zero-order valence-corrected chi connectivity index (χ0v) is 9.21. The SMILES string of the molecule is COCCC1CCNC(CCOC)N1. The minimum Gasteiger partial charge on any atom is -0.385 e. The molecule has 84 valence electrons. The highest BCUT2D eigenvalue weighted by molar-refractivity contribution is 4.79. The summed E-state index contributed by atoms with van der Waals surface area (Å²) in [5.41, 5.74) is 0. The van der Waals surface area contributed by atoms with Gasteiger partial charge in [0.05, 0.1) is 6.17 Å². The quantitative estimate of drug-likeness (QED) is 0.651. The number of methoxy groups -OCH3 is 2. The lowest BCUT2D eigenvalue weighted by molar-refractivity contribution is 0.146. The van der Waals surface area contributed by atoms with E-state index in [-0.39, 0.29) is 0 Å². The first-order valence-corrected chi connectivity index (χ1v) is 5.34. The van der Waals surface area contributed by atoms with E-state index in [1.54, 1.807) is 14.2 Å². The van der Waals surface area contributed by atoms with E-state index < -0.39 is 0 Å². The Balaban J connectivity index is 2.14. The number of ether oxygens (including phenoxy) is 2. The van der Waals surface area contributed by atoms with Crippen molar-refractivity contribution in [3.8, 4) is 0 Å². The average Bonchev–Trinajstić information content (AvgIpc) is 2.24. The molecule has 0 spiro atoms. The van der Waals surface area contributed by atoms with Crippen LogP contribution in [0.25, 0.3) is 0 Å². The zero-order chi connectivity index (χ0) is 10.2. The van der Waals surface area contributed by atoms with Gasteiger partial charge in [0.15, 0.2) is 0 Å². The molecule has 1 aliphatic rings. The summed E-state index contributed by atoms with van der Waals surface area (Å²) < 4.78 is 10.1. The van der Waals surface area contributed by atoms with Crippen LogP contribution in [0.3, 0.4) is 0 Å². The molecule has 1 aliphatic heterocycles. The first-order valence-electron chi connectivity index (χ1n) is 5.34. The van der Waals surface area contributed by atoms with Crippen LogP contribution in [0.15, 0.2) is 0 Å². The summed E-state index contributed by atoms with van der Waals surface area (Å²) >= 11 is 0. The molecule has 1 rings (SSSR count). The maximum atomic E-state index is 5.08. The van der Waals surface area contributed by atoms with Crippen LogP contribution in [-0.2, 0) is 9.47 Å². The zero-order valence-electron chi connectivity index (χ0n) is 9.21. The molecule has 4 heteroatoms. The Bertz CT molecular complexity index is 130. The number of hydrogen-bond acceptors (Lipinski definition) is 4. The van der Waals surface area contributed by atoms with Gasteiger partial charge in [-0.1, -0.05) is 0 Å². The van der Waals surface area contributed by atoms with Crippen LogP contribution in [0.5, 0.6) is 0 Å². The highest BCUT2D eigenvalue weighted by atomic mass is 16.5. The Morgan fingerprint density at radius 2 is 1.86 bits per heavy atom. The van der Waals surface area contributed by atoms with Crippen LogP contribution < -0.4 is 10.6 Å². The van der Waals surface area contributed by atoms with Crippen molar-refractivity contribution in [2.24, 2.45) is 0 Å². The molecule has 1 fully saturated rings. The molecule has 14 heavy (non-hydrogen) atoms. The van der Waals surface area contributed by atoms with Crippen molar-refractivity contribution in [2.45, 2.75) is 31.5 Å². The molecule has 0 aromatic heterocycles. The summed E-state index contributed by atoms with van der Waals surface area (Å²) in [5.74, 6) is 0. The van der Waals surface area contributed by atoms with Crippen molar-refractivity contribution < 1.29 is 9.47 Å². The van der Waals surface area contributed by atoms with Gasteiger partial charge in [-0.25, -0.2) is 0 Å². The number of rotatable bonds is 6. The van der Waals surface area contributed by atoms with E-state index in [1.165, 1.54) is 6.42 Å². The third kappa shape index (κ3) is 4.37. The highest BCUT2D eigenvalue weighted by Gasteiger charge is 2.19. The number of nitrogens with one attached hydrogen (secondary N) is 2. The Morgan fingerprint density at radius 1 is 1.14 bits per heavy atom. The Labute approximate surface area is 86.3 Å². The van der Waals surface area contributed by atoms with E-state index in [0.29, 0.717) is 12.2 Å². The summed E-state index contributed by atoms with van der Waals surface area (Å²) in [6, 6.07) is 0.595. The fraction of sp³-hybridized carbons (Fsp3) is 1.00. The Hall–Kier alpha value is -0.160. The van der Waals surface area contributed by atoms with Crippen LogP contribution in [0.4, 0.5) is 0 Å². The minimum absolute atomic E-state index is 0.408. The highest BCUT2D eigenvalue weighted by Crippen LogP contribution is 2.05. The van der Waals surface area contributed by atoms with E-state index in [9.17, 15) is 0 Å². The van der Waals surface area contributed by atoms with Gasteiger partial charge < -0.3 is 14.8 Å². The molecular weight excluding hydrogens is 180 g/mol. The van der Waals surface area contributed by atoms with Gasteiger partial charge in [0.25, 0.3) is 0 Å². The molecule has 0 radical (unpaired) electrons. The Morgan fingerprint density at radius 3 is 2.57 bits per heavy atom. The molecule has 0 aromatic carbocycles. The van der Waals surface area contributed by atoms with Crippen molar-refractivity contribution in [2.75, 3.05) is 34.0 Å². The van der Waals surface area contributed by atoms with Crippen molar-refractivity contribution in [1.29, 1.82) is 0 Å². The smallest absolute Gasteiger partial charge is 0.0596 e. The van der Waals surface area contributed by atoms with Crippen LogP contribution in [0, 0.1) is 0 Å². The van der Waals surface area contributed by atoms with Crippen molar-refractivity contribution in [3.05, 3.63) is 0 Å². The molecule has 0 saturated carbocycles. The largest absolute Gasteiger partial charge is 0.385 e. The minimum atomic E-state index is 0.408. The number of hydrogen-bond donors (Lipinski definition) is 2. The summed E-state index contributed by atoms with van der Waals surface area (Å²) in [4.78, 5) is 0. The molecule has 1 saturated heterocycles. The maximum absolute atomic E-state index is 5.08.